The first kappa shape index (κ1) is 13.9. The van der Waals surface area contributed by atoms with Crippen molar-refractivity contribution >= 4 is 11.7 Å². The standard InChI is InChI=1S/C7H3F2NO4.C2H6/c8-5-2-3(10(13)14)1-4(6(5)9)7(11)12;1-2/h1-2H,(H,11,12);1-2H3. The van der Waals surface area contributed by atoms with E-state index in [4.69, 9.17) is 5.11 Å². The number of nitrogens with zero attached hydrogens (tertiary/aromatic N) is 1. The van der Waals surface area contributed by atoms with E-state index in [0.717, 1.165) is 0 Å². The minimum atomic E-state index is -1.76. The second-order valence-electron chi connectivity index (χ2n) is 2.35. The van der Waals surface area contributed by atoms with E-state index in [1.807, 2.05) is 13.8 Å². The van der Waals surface area contributed by atoms with Gasteiger partial charge < -0.3 is 5.11 Å². The van der Waals surface area contributed by atoms with Gasteiger partial charge in [-0.1, -0.05) is 13.8 Å². The first-order valence-corrected chi connectivity index (χ1v) is 4.30. The van der Waals surface area contributed by atoms with Gasteiger partial charge in [-0.2, -0.15) is 0 Å². The third-order valence-electron chi connectivity index (χ3n) is 1.45. The van der Waals surface area contributed by atoms with Crippen LogP contribution in [0.1, 0.15) is 24.2 Å². The summed E-state index contributed by atoms with van der Waals surface area (Å²) in [5.74, 6) is -4.93. The van der Waals surface area contributed by atoms with Crippen LogP contribution in [0.25, 0.3) is 0 Å². The molecule has 1 rings (SSSR count). The molecule has 1 aromatic rings. The van der Waals surface area contributed by atoms with Gasteiger partial charge in [-0.3, -0.25) is 10.1 Å². The highest BCUT2D eigenvalue weighted by molar-refractivity contribution is 5.88. The summed E-state index contributed by atoms with van der Waals surface area (Å²) in [5, 5.41) is 18.5. The number of rotatable bonds is 2. The van der Waals surface area contributed by atoms with E-state index < -0.39 is 33.8 Å². The maximum atomic E-state index is 12.7. The second kappa shape index (κ2) is 5.74. The van der Waals surface area contributed by atoms with Gasteiger partial charge >= 0.3 is 5.97 Å². The summed E-state index contributed by atoms with van der Waals surface area (Å²) in [6, 6.07) is 0.780. The van der Waals surface area contributed by atoms with Gasteiger partial charge in [0.05, 0.1) is 11.0 Å². The Hall–Kier alpha value is -2.05. The maximum Gasteiger partial charge on any atom is 0.339 e. The lowest BCUT2D eigenvalue weighted by Gasteiger charge is -1.98. The fourth-order valence-corrected chi connectivity index (χ4v) is 0.836. The summed E-state index contributed by atoms with van der Waals surface area (Å²) < 4.78 is 25.3. The van der Waals surface area contributed by atoms with Crippen molar-refractivity contribution in [3.8, 4) is 0 Å². The van der Waals surface area contributed by atoms with Crippen LogP contribution in [0.5, 0.6) is 0 Å². The molecule has 88 valence electrons. The summed E-state index contributed by atoms with van der Waals surface area (Å²) >= 11 is 0. The van der Waals surface area contributed by atoms with Gasteiger partial charge in [0.25, 0.3) is 5.69 Å². The number of benzene rings is 1. The number of hydrogen-bond acceptors (Lipinski definition) is 3. The van der Waals surface area contributed by atoms with Crippen molar-refractivity contribution in [1.82, 2.24) is 0 Å². The molecule has 0 heterocycles. The minimum absolute atomic E-state index is 0.321. The molecule has 16 heavy (non-hydrogen) atoms. The molecular weight excluding hydrogens is 224 g/mol. The smallest absolute Gasteiger partial charge is 0.339 e. The lowest BCUT2D eigenvalue weighted by Crippen LogP contribution is -2.04. The Morgan fingerprint density at radius 3 is 2.25 bits per heavy atom. The molecule has 0 bridgehead atoms. The van der Waals surface area contributed by atoms with Crippen LogP contribution < -0.4 is 0 Å². The molecule has 0 saturated heterocycles. The van der Waals surface area contributed by atoms with Gasteiger partial charge in [-0.15, -0.1) is 0 Å². The fourth-order valence-electron chi connectivity index (χ4n) is 0.836. The monoisotopic (exact) mass is 233 g/mol. The van der Waals surface area contributed by atoms with E-state index in [2.05, 4.69) is 0 Å². The molecule has 0 spiro atoms. The quantitative estimate of drug-likeness (QED) is 0.628. The van der Waals surface area contributed by atoms with E-state index >= 15 is 0 Å². The Bertz CT molecular complexity index is 420. The molecule has 0 saturated carbocycles. The van der Waals surface area contributed by atoms with Crippen LogP contribution in [0, 0.1) is 21.7 Å². The first-order valence-electron chi connectivity index (χ1n) is 4.30. The zero-order chi connectivity index (χ0) is 12.9. The maximum absolute atomic E-state index is 12.7. The molecule has 5 nitrogen and oxygen atoms in total. The highest BCUT2D eigenvalue weighted by Gasteiger charge is 2.20. The molecule has 0 aromatic heterocycles. The Kier molecular flexibility index (Phi) is 5.00. The van der Waals surface area contributed by atoms with Crippen molar-refractivity contribution in [3.63, 3.8) is 0 Å². The average molecular weight is 233 g/mol. The summed E-state index contributed by atoms with van der Waals surface area (Å²) in [6.45, 7) is 4.00. The van der Waals surface area contributed by atoms with Gasteiger partial charge in [-0.05, 0) is 0 Å². The van der Waals surface area contributed by atoms with E-state index in [-0.39, 0.29) is 0 Å². The SMILES string of the molecule is CC.O=C(O)c1cc([N+](=O)[O-])cc(F)c1F. The van der Waals surface area contributed by atoms with Gasteiger partial charge in [0, 0.05) is 6.07 Å². The average Bonchev–Trinajstić information content (AvgIpc) is 2.24. The number of hydrogen-bond donors (Lipinski definition) is 1. The van der Waals surface area contributed by atoms with E-state index in [1.165, 1.54) is 0 Å². The molecule has 0 atom stereocenters. The predicted molar refractivity (Wildman–Crippen MR) is 51.3 cm³/mol. The Balaban J connectivity index is 0.00000106. The Morgan fingerprint density at radius 1 is 1.38 bits per heavy atom. The predicted octanol–water partition coefficient (Wildman–Crippen LogP) is 2.60. The van der Waals surface area contributed by atoms with E-state index in [0.29, 0.717) is 12.1 Å². The van der Waals surface area contributed by atoms with Crippen molar-refractivity contribution in [1.29, 1.82) is 0 Å². The Morgan fingerprint density at radius 2 is 1.88 bits per heavy atom. The summed E-state index contributed by atoms with van der Waals surface area (Å²) in [5.41, 5.74) is -1.86. The van der Waals surface area contributed by atoms with E-state index in [1.54, 1.807) is 0 Å². The third-order valence-corrected chi connectivity index (χ3v) is 1.45. The molecule has 1 N–H and O–H groups in total. The highest BCUT2D eigenvalue weighted by Crippen LogP contribution is 2.20. The fraction of sp³-hybridized carbons (Fsp3) is 0.222. The van der Waals surface area contributed by atoms with E-state index in [9.17, 15) is 23.7 Å². The summed E-state index contributed by atoms with van der Waals surface area (Å²) in [4.78, 5) is 19.5. The van der Waals surface area contributed by atoms with Crippen molar-refractivity contribution in [2.75, 3.05) is 0 Å². The molecule has 7 heteroatoms. The van der Waals surface area contributed by atoms with Gasteiger partial charge in [0.1, 0.15) is 5.56 Å². The van der Waals surface area contributed by atoms with Gasteiger partial charge in [0.2, 0.25) is 0 Å². The lowest BCUT2D eigenvalue weighted by molar-refractivity contribution is -0.385. The molecule has 0 unspecified atom stereocenters. The number of non-ortho nitro benzene ring substituents is 1. The lowest BCUT2D eigenvalue weighted by atomic mass is 10.2. The molecule has 1 aromatic carbocycles. The molecule has 0 fully saturated rings. The van der Waals surface area contributed by atoms with Crippen LogP contribution >= 0.6 is 0 Å². The normalized spacial score (nSPS) is 9.00. The first-order chi connectivity index (χ1) is 7.43. The van der Waals surface area contributed by atoms with Crippen LogP contribution in [-0.4, -0.2) is 16.0 Å². The number of nitro benzene ring substituents is 1. The molecule has 0 radical (unpaired) electrons. The van der Waals surface area contributed by atoms with Crippen molar-refractivity contribution in [2.24, 2.45) is 0 Å². The van der Waals surface area contributed by atoms with Crippen LogP contribution in [0.4, 0.5) is 14.5 Å². The summed E-state index contributed by atoms with van der Waals surface area (Å²) in [6.07, 6.45) is 0. The number of nitro groups is 1. The van der Waals surface area contributed by atoms with Crippen molar-refractivity contribution in [2.45, 2.75) is 13.8 Å². The van der Waals surface area contributed by atoms with Crippen molar-refractivity contribution in [3.05, 3.63) is 39.4 Å². The second-order valence-corrected chi connectivity index (χ2v) is 2.35. The zero-order valence-corrected chi connectivity index (χ0v) is 8.53. The summed E-state index contributed by atoms with van der Waals surface area (Å²) in [7, 11) is 0. The molecule has 0 amide bonds. The number of carboxylic acids is 1. The number of carboxylic acid groups (broad SMARTS) is 1. The topological polar surface area (TPSA) is 80.4 Å². The largest absolute Gasteiger partial charge is 0.478 e. The van der Waals surface area contributed by atoms with Gasteiger partial charge in [-0.25, -0.2) is 13.6 Å². The molecular formula is C9H9F2NO4. The number of carbonyl (C=O) groups is 1. The van der Waals surface area contributed by atoms with Crippen LogP contribution in [0.15, 0.2) is 12.1 Å². The van der Waals surface area contributed by atoms with Crippen LogP contribution in [0.3, 0.4) is 0 Å². The van der Waals surface area contributed by atoms with Crippen LogP contribution in [0.2, 0.25) is 0 Å². The third kappa shape index (κ3) is 2.97. The zero-order valence-electron chi connectivity index (χ0n) is 8.53. The molecule has 0 aliphatic carbocycles. The molecule has 0 aliphatic heterocycles. The van der Waals surface area contributed by atoms with Gasteiger partial charge in [0.15, 0.2) is 11.6 Å². The number of halogens is 2. The Labute approximate surface area is 89.5 Å². The molecule has 0 aliphatic rings. The van der Waals surface area contributed by atoms with Crippen LogP contribution in [-0.2, 0) is 0 Å². The van der Waals surface area contributed by atoms with Crippen molar-refractivity contribution < 1.29 is 23.6 Å². The minimum Gasteiger partial charge on any atom is -0.478 e. The number of aromatic carboxylic acids is 1. The highest BCUT2D eigenvalue weighted by atomic mass is 19.2.